The van der Waals surface area contributed by atoms with Gasteiger partial charge in [0.25, 0.3) is 5.91 Å². The van der Waals surface area contributed by atoms with Crippen LogP contribution in [0.1, 0.15) is 15.2 Å². The lowest BCUT2D eigenvalue weighted by Crippen LogP contribution is -2.11. The smallest absolute Gasteiger partial charge is 0.267 e. The number of halogens is 3. The molecule has 1 amide bonds. The van der Waals surface area contributed by atoms with Gasteiger partial charge in [-0.25, -0.2) is 4.39 Å². The minimum absolute atomic E-state index is 0.225. The number of nitrogens with zero attached hydrogens (tertiary/aromatic N) is 2. The van der Waals surface area contributed by atoms with Crippen molar-refractivity contribution in [3.8, 4) is 0 Å². The molecular formula is C15H10Br2FN3OS. The maximum Gasteiger partial charge on any atom is 0.267 e. The molecule has 0 radical (unpaired) electrons. The lowest BCUT2D eigenvalue weighted by Gasteiger charge is -2.02. The Bertz CT molecular complexity index is 843. The second kappa shape index (κ2) is 6.94. The molecule has 0 aliphatic carbocycles. The van der Waals surface area contributed by atoms with Crippen molar-refractivity contribution in [3.05, 3.63) is 67.1 Å². The van der Waals surface area contributed by atoms with Gasteiger partial charge in [-0.05, 0) is 55.6 Å². The van der Waals surface area contributed by atoms with E-state index >= 15 is 0 Å². The van der Waals surface area contributed by atoms with Crippen LogP contribution in [0.2, 0.25) is 0 Å². The molecule has 1 N–H and O–H groups in total. The molecule has 0 aliphatic heterocycles. The van der Waals surface area contributed by atoms with Crippen LogP contribution in [0.3, 0.4) is 0 Å². The molecule has 4 nitrogen and oxygen atoms in total. The highest BCUT2D eigenvalue weighted by atomic mass is 79.9. The Labute approximate surface area is 152 Å². The van der Waals surface area contributed by atoms with Gasteiger partial charge in [-0.1, -0.05) is 12.1 Å². The standard InChI is InChI=1S/C15H10Br2FN3OS/c16-11-7-12(23-14(11)17)15(22)19-13-4-5-21(20-13)8-9-2-1-3-10(18)6-9/h1-7H,8H2,(H,19,20,22). The molecule has 0 fully saturated rings. The molecule has 0 bridgehead atoms. The molecule has 1 aromatic carbocycles. The predicted molar refractivity (Wildman–Crippen MR) is 95.4 cm³/mol. The van der Waals surface area contributed by atoms with Gasteiger partial charge in [-0.3, -0.25) is 9.48 Å². The largest absolute Gasteiger partial charge is 0.304 e. The number of nitrogens with one attached hydrogen (secondary N) is 1. The number of hydrogen-bond acceptors (Lipinski definition) is 3. The molecule has 2 aromatic heterocycles. The lowest BCUT2D eigenvalue weighted by molar-refractivity contribution is 0.103. The lowest BCUT2D eigenvalue weighted by atomic mass is 10.2. The Morgan fingerprint density at radius 3 is 2.83 bits per heavy atom. The van der Waals surface area contributed by atoms with Crippen LogP contribution in [0.4, 0.5) is 10.2 Å². The van der Waals surface area contributed by atoms with Crippen molar-refractivity contribution in [1.29, 1.82) is 0 Å². The number of benzene rings is 1. The quantitative estimate of drug-likeness (QED) is 0.603. The Kier molecular flexibility index (Phi) is 4.93. The fraction of sp³-hybridized carbons (Fsp3) is 0.0667. The van der Waals surface area contributed by atoms with Crippen LogP contribution in [-0.2, 0) is 6.54 Å². The van der Waals surface area contributed by atoms with Crippen molar-refractivity contribution in [2.45, 2.75) is 6.54 Å². The predicted octanol–water partition coefficient (Wildman–Crippen LogP) is 4.91. The number of hydrogen-bond donors (Lipinski definition) is 1. The molecule has 0 atom stereocenters. The fourth-order valence-electron chi connectivity index (χ4n) is 1.98. The van der Waals surface area contributed by atoms with E-state index < -0.39 is 0 Å². The molecule has 2 heterocycles. The van der Waals surface area contributed by atoms with Crippen LogP contribution >= 0.6 is 43.2 Å². The first-order valence-electron chi connectivity index (χ1n) is 6.55. The number of rotatable bonds is 4. The van der Waals surface area contributed by atoms with Crippen molar-refractivity contribution >= 4 is 54.9 Å². The van der Waals surface area contributed by atoms with Crippen LogP contribution in [0.5, 0.6) is 0 Å². The summed E-state index contributed by atoms with van der Waals surface area (Å²) >= 11 is 8.04. The summed E-state index contributed by atoms with van der Waals surface area (Å²) in [6.45, 7) is 0.434. The minimum atomic E-state index is -0.281. The zero-order chi connectivity index (χ0) is 16.4. The summed E-state index contributed by atoms with van der Waals surface area (Å²) in [6.07, 6.45) is 1.74. The third kappa shape index (κ3) is 4.07. The molecular weight excluding hydrogens is 449 g/mol. The van der Waals surface area contributed by atoms with Crippen LogP contribution in [-0.4, -0.2) is 15.7 Å². The molecule has 3 aromatic rings. The van der Waals surface area contributed by atoms with E-state index in [1.807, 2.05) is 6.07 Å². The number of aromatic nitrogens is 2. The van der Waals surface area contributed by atoms with Gasteiger partial charge in [0.15, 0.2) is 5.82 Å². The molecule has 118 valence electrons. The molecule has 0 saturated carbocycles. The SMILES string of the molecule is O=C(Nc1ccn(Cc2cccc(F)c2)n1)c1cc(Br)c(Br)s1. The number of carbonyl (C=O) groups excluding carboxylic acids is 1. The first-order chi connectivity index (χ1) is 11.0. The number of carbonyl (C=O) groups is 1. The first kappa shape index (κ1) is 16.4. The van der Waals surface area contributed by atoms with E-state index in [-0.39, 0.29) is 11.7 Å². The number of thiophene rings is 1. The van der Waals surface area contributed by atoms with Crippen molar-refractivity contribution in [2.24, 2.45) is 0 Å². The highest BCUT2D eigenvalue weighted by Gasteiger charge is 2.13. The Morgan fingerprint density at radius 2 is 2.13 bits per heavy atom. The molecule has 0 unspecified atom stereocenters. The van der Waals surface area contributed by atoms with Gasteiger partial charge in [-0.2, -0.15) is 5.10 Å². The van der Waals surface area contributed by atoms with E-state index in [0.717, 1.165) is 13.8 Å². The maximum atomic E-state index is 13.2. The average Bonchev–Trinajstić information content (AvgIpc) is 3.06. The summed E-state index contributed by atoms with van der Waals surface area (Å²) < 4.78 is 16.5. The van der Waals surface area contributed by atoms with Crippen molar-refractivity contribution in [3.63, 3.8) is 0 Å². The van der Waals surface area contributed by atoms with Crippen molar-refractivity contribution < 1.29 is 9.18 Å². The van der Waals surface area contributed by atoms with Gasteiger partial charge in [0.2, 0.25) is 0 Å². The molecule has 0 spiro atoms. The monoisotopic (exact) mass is 457 g/mol. The van der Waals surface area contributed by atoms with Gasteiger partial charge in [0, 0.05) is 16.7 Å². The maximum absolute atomic E-state index is 13.2. The zero-order valence-corrected chi connectivity index (χ0v) is 15.6. The first-order valence-corrected chi connectivity index (χ1v) is 8.95. The Hall–Kier alpha value is -1.51. The van der Waals surface area contributed by atoms with Crippen molar-refractivity contribution in [1.82, 2.24) is 9.78 Å². The van der Waals surface area contributed by atoms with Gasteiger partial charge < -0.3 is 5.32 Å². The highest BCUT2D eigenvalue weighted by Crippen LogP contribution is 2.32. The zero-order valence-electron chi connectivity index (χ0n) is 11.6. The third-order valence-electron chi connectivity index (χ3n) is 2.98. The Morgan fingerprint density at radius 1 is 1.30 bits per heavy atom. The van der Waals surface area contributed by atoms with Gasteiger partial charge in [0.05, 0.1) is 15.2 Å². The molecule has 23 heavy (non-hydrogen) atoms. The summed E-state index contributed by atoms with van der Waals surface area (Å²) in [4.78, 5) is 12.7. The van der Waals surface area contributed by atoms with Crippen LogP contribution in [0.25, 0.3) is 0 Å². The van der Waals surface area contributed by atoms with E-state index in [0.29, 0.717) is 17.2 Å². The molecule has 0 aliphatic rings. The van der Waals surface area contributed by atoms with E-state index in [4.69, 9.17) is 0 Å². The molecule has 3 rings (SSSR count). The number of anilines is 1. The summed E-state index contributed by atoms with van der Waals surface area (Å²) in [5.41, 5.74) is 0.803. The average molecular weight is 459 g/mol. The summed E-state index contributed by atoms with van der Waals surface area (Å²) in [6, 6.07) is 9.78. The summed E-state index contributed by atoms with van der Waals surface area (Å²) in [5, 5.41) is 7.01. The summed E-state index contributed by atoms with van der Waals surface area (Å²) in [5.74, 6) is -0.0542. The minimum Gasteiger partial charge on any atom is -0.304 e. The topological polar surface area (TPSA) is 46.9 Å². The van der Waals surface area contributed by atoms with Gasteiger partial charge >= 0.3 is 0 Å². The van der Waals surface area contributed by atoms with E-state index in [1.165, 1.54) is 23.5 Å². The van der Waals surface area contributed by atoms with E-state index in [2.05, 4.69) is 42.3 Å². The van der Waals surface area contributed by atoms with E-state index in [1.54, 1.807) is 29.1 Å². The normalized spacial score (nSPS) is 10.7. The van der Waals surface area contributed by atoms with E-state index in [9.17, 15) is 9.18 Å². The second-order valence-electron chi connectivity index (χ2n) is 4.71. The summed E-state index contributed by atoms with van der Waals surface area (Å²) in [7, 11) is 0. The Balaban J connectivity index is 1.68. The van der Waals surface area contributed by atoms with Crippen LogP contribution < -0.4 is 5.32 Å². The van der Waals surface area contributed by atoms with Gasteiger partial charge in [0.1, 0.15) is 5.82 Å². The number of amides is 1. The second-order valence-corrected chi connectivity index (χ2v) is 7.94. The van der Waals surface area contributed by atoms with Gasteiger partial charge in [-0.15, -0.1) is 11.3 Å². The fourth-order valence-corrected chi connectivity index (χ4v) is 3.91. The van der Waals surface area contributed by atoms with Crippen molar-refractivity contribution in [2.75, 3.05) is 5.32 Å². The third-order valence-corrected chi connectivity index (χ3v) is 6.24. The molecule has 8 heteroatoms. The van der Waals surface area contributed by atoms with Crippen LogP contribution in [0, 0.1) is 5.82 Å². The molecule has 0 saturated heterocycles. The van der Waals surface area contributed by atoms with Crippen LogP contribution in [0.15, 0.2) is 50.9 Å². The highest BCUT2D eigenvalue weighted by molar-refractivity contribution is 9.13.